The zero-order valence-corrected chi connectivity index (χ0v) is 7.90. The van der Waals surface area contributed by atoms with Gasteiger partial charge in [0.05, 0.1) is 7.11 Å². The van der Waals surface area contributed by atoms with Gasteiger partial charge in [0.15, 0.2) is 0 Å². The van der Waals surface area contributed by atoms with Gasteiger partial charge in [-0.15, -0.1) is 12.6 Å². The van der Waals surface area contributed by atoms with Gasteiger partial charge in [0.25, 0.3) is 0 Å². The highest BCUT2D eigenvalue weighted by atomic mass is 32.1. The van der Waals surface area contributed by atoms with E-state index < -0.39 is 0 Å². The molecular weight excluding hydrogens is 156 g/mol. The topological polar surface area (TPSA) is 9.23 Å². The molecule has 0 unspecified atom stereocenters. The zero-order chi connectivity index (χ0) is 8.43. The van der Waals surface area contributed by atoms with Gasteiger partial charge >= 0.3 is 0 Å². The first-order valence-electron chi connectivity index (χ1n) is 3.50. The molecule has 0 aliphatic carbocycles. The second-order valence-electron chi connectivity index (χ2n) is 2.56. The lowest BCUT2D eigenvalue weighted by molar-refractivity contribution is 0.401. The highest BCUT2D eigenvalue weighted by Crippen LogP contribution is 2.28. The molecule has 0 saturated heterocycles. The van der Waals surface area contributed by atoms with Crippen LogP contribution in [0.15, 0.2) is 17.0 Å². The van der Waals surface area contributed by atoms with E-state index in [1.807, 2.05) is 19.1 Å². The first-order valence-corrected chi connectivity index (χ1v) is 3.94. The monoisotopic (exact) mass is 168 g/mol. The lowest BCUT2D eigenvalue weighted by Gasteiger charge is -2.09. The van der Waals surface area contributed by atoms with Crippen LogP contribution in [-0.2, 0) is 0 Å². The molecule has 0 amide bonds. The number of ether oxygens (including phenoxy) is 1. The number of thiol groups is 1. The number of aryl methyl sites for hydroxylation is 1. The molecule has 11 heavy (non-hydrogen) atoms. The van der Waals surface area contributed by atoms with Crippen LogP contribution in [0.3, 0.4) is 0 Å². The molecule has 0 spiro atoms. The van der Waals surface area contributed by atoms with Crippen molar-refractivity contribution in [2.75, 3.05) is 7.11 Å². The molecule has 0 saturated carbocycles. The summed E-state index contributed by atoms with van der Waals surface area (Å²) in [5.74, 6) is 0.883. The Labute approximate surface area is 72.8 Å². The fraction of sp³-hybridized carbons (Fsp3) is 0.333. The van der Waals surface area contributed by atoms with E-state index in [4.69, 9.17) is 4.74 Å². The van der Waals surface area contributed by atoms with Crippen LogP contribution in [0.4, 0.5) is 0 Å². The van der Waals surface area contributed by atoms with Gasteiger partial charge < -0.3 is 4.74 Å². The summed E-state index contributed by atoms with van der Waals surface area (Å²) in [5.41, 5.74) is 2.40. The molecule has 1 nitrogen and oxygen atoms in total. The van der Waals surface area contributed by atoms with E-state index in [0.717, 1.165) is 10.6 Å². The number of rotatable bonds is 1. The highest BCUT2D eigenvalue weighted by molar-refractivity contribution is 7.80. The molecule has 1 aromatic rings. The van der Waals surface area contributed by atoms with Crippen LogP contribution in [-0.4, -0.2) is 7.11 Å². The third kappa shape index (κ3) is 1.51. The molecule has 1 rings (SSSR count). The lowest BCUT2D eigenvalue weighted by Crippen LogP contribution is -1.90. The van der Waals surface area contributed by atoms with Gasteiger partial charge in [-0.25, -0.2) is 0 Å². The van der Waals surface area contributed by atoms with E-state index in [2.05, 4.69) is 19.6 Å². The predicted octanol–water partition coefficient (Wildman–Crippen LogP) is 2.60. The highest BCUT2D eigenvalue weighted by Gasteiger charge is 2.03. The second-order valence-corrected chi connectivity index (χ2v) is 3.04. The van der Waals surface area contributed by atoms with E-state index in [-0.39, 0.29) is 0 Å². The molecule has 0 N–H and O–H groups in total. The van der Waals surface area contributed by atoms with Gasteiger partial charge in [-0.3, -0.25) is 0 Å². The van der Waals surface area contributed by atoms with Crippen molar-refractivity contribution in [2.45, 2.75) is 18.7 Å². The van der Waals surface area contributed by atoms with Crippen LogP contribution in [0.1, 0.15) is 11.1 Å². The summed E-state index contributed by atoms with van der Waals surface area (Å²) in [6.45, 7) is 4.10. The Morgan fingerprint density at radius 1 is 1.27 bits per heavy atom. The molecule has 0 atom stereocenters. The first-order chi connectivity index (χ1) is 5.16. The fourth-order valence-corrected chi connectivity index (χ4v) is 1.37. The molecule has 0 heterocycles. The molecule has 0 aromatic heterocycles. The molecule has 0 fully saturated rings. The van der Waals surface area contributed by atoms with Crippen LogP contribution in [0.2, 0.25) is 0 Å². The third-order valence-corrected chi connectivity index (χ3v) is 2.21. The number of methoxy groups -OCH3 is 1. The Hall–Kier alpha value is -0.630. The van der Waals surface area contributed by atoms with Gasteiger partial charge in [0.2, 0.25) is 0 Å². The fourth-order valence-electron chi connectivity index (χ4n) is 1.03. The van der Waals surface area contributed by atoms with Crippen LogP contribution < -0.4 is 4.74 Å². The smallest absolute Gasteiger partial charge is 0.135 e. The Morgan fingerprint density at radius 3 is 2.36 bits per heavy atom. The summed E-state index contributed by atoms with van der Waals surface area (Å²) in [4.78, 5) is 0.899. The van der Waals surface area contributed by atoms with Crippen molar-refractivity contribution in [1.29, 1.82) is 0 Å². The maximum absolute atomic E-state index is 5.18. The second kappa shape index (κ2) is 3.18. The SMILES string of the molecule is COc1c(S)ccc(C)c1C. The van der Waals surface area contributed by atoms with E-state index in [9.17, 15) is 0 Å². The minimum Gasteiger partial charge on any atom is -0.495 e. The van der Waals surface area contributed by atoms with Crippen molar-refractivity contribution in [3.05, 3.63) is 23.3 Å². The Kier molecular flexibility index (Phi) is 2.45. The normalized spacial score (nSPS) is 9.82. The summed E-state index contributed by atoms with van der Waals surface area (Å²) in [7, 11) is 1.67. The molecule has 0 bridgehead atoms. The molecule has 0 radical (unpaired) electrons. The largest absolute Gasteiger partial charge is 0.495 e. The lowest BCUT2D eigenvalue weighted by atomic mass is 10.1. The quantitative estimate of drug-likeness (QED) is 0.634. The van der Waals surface area contributed by atoms with E-state index in [0.29, 0.717) is 0 Å². The molecular formula is C9H12OS. The standard InChI is InChI=1S/C9H12OS/c1-6-4-5-8(11)9(10-3)7(6)2/h4-5,11H,1-3H3. The van der Waals surface area contributed by atoms with Crippen LogP contribution in [0.25, 0.3) is 0 Å². The maximum Gasteiger partial charge on any atom is 0.135 e. The number of hydrogen-bond acceptors (Lipinski definition) is 2. The van der Waals surface area contributed by atoms with E-state index in [1.165, 1.54) is 11.1 Å². The zero-order valence-electron chi connectivity index (χ0n) is 7.01. The number of benzene rings is 1. The molecule has 1 aromatic carbocycles. The Morgan fingerprint density at radius 2 is 1.91 bits per heavy atom. The molecule has 2 heteroatoms. The Bertz CT molecular complexity index is 269. The minimum atomic E-state index is 0.883. The molecule has 60 valence electrons. The van der Waals surface area contributed by atoms with Crippen molar-refractivity contribution in [2.24, 2.45) is 0 Å². The van der Waals surface area contributed by atoms with Gasteiger partial charge in [0, 0.05) is 4.90 Å². The van der Waals surface area contributed by atoms with E-state index in [1.54, 1.807) is 7.11 Å². The third-order valence-electron chi connectivity index (χ3n) is 1.86. The van der Waals surface area contributed by atoms with Gasteiger partial charge in [0.1, 0.15) is 5.75 Å². The van der Waals surface area contributed by atoms with Crippen molar-refractivity contribution < 1.29 is 4.74 Å². The molecule has 0 aliphatic heterocycles. The summed E-state index contributed by atoms with van der Waals surface area (Å²) < 4.78 is 5.18. The first kappa shape index (κ1) is 8.47. The van der Waals surface area contributed by atoms with Gasteiger partial charge in [-0.1, -0.05) is 6.07 Å². The van der Waals surface area contributed by atoms with Crippen LogP contribution in [0.5, 0.6) is 5.75 Å². The minimum absolute atomic E-state index is 0.883. The van der Waals surface area contributed by atoms with Crippen molar-refractivity contribution in [1.82, 2.24) is 0 Å². The van der Waals surface area contributed by atoms with Crippen LogP contribution in [0, 0.1) is 13.8 Å². The Balaban J connectivity index is 3.29. The van der Waals surface area contributed by atoms with Crippen molar-refractivity contribution in [3.63, 3.8) is 0 Å². The maximum atomic E-state index is 5.18. The van der Waals surface area contributed by atoms with E-state index >= 15 is 0 Å². The summed E-state index contributed by atoms with van der Waals surface area (Å²) in [6.07, 6.45) is 0. The number of hydrogen-bond donors (Lipinski definition) is 1. The average molecular weight is 168 g/mol. The van der Waals surface area contributed by atoms with Crippen LogP contribution >= 0.6 is 12.6 Å². The van der Waals surface area contributed by atoms with Crippen molar-refractivity contribution >= 4 is 12.6 Å². The van der Waals surface area contributed by atoms with Crippen molar-refractivity contribution in [3.8, 4) is 5.75 Å². The predicted molar refractivity (Wildman–Crippen MR) is 49.7 cm³/mol. The summed E-state index contributed by atoms with van der Waals surface area (Å²) in [6, 6.07) is 3.99. The summed E-state index contributed by atoms with van der Waals surface area (Å²) in [5, 5.41) is 0. The van der Waals surface area contributed by atoms with Gasteiger partial charge in [-0.2, -0.15) is 0 Å². The average Bonchev–Trinajstić information content (AvgIpc) is 1.99. The summed E-state index contributed by atoms with van der Waals surface area (Å²) >= 11 is 4.27. The van der Waals surface area contributed by atoms with Gasteiger partial charge in [-0.05, 0) is 31.0 Å². The molecule has 0 aliphatic rings.